The average molecular weight is 241 g/mol. The fourth-order valence-corrected chi connectivity index (χ4v) is 2.21. The van der Waals surface area contributed by atoms with Gasteiger partial charge in [-0.2, -0.15) is 0 Å². The molecule has 0 saturated heterocycles. The first kappa shape index (κ1) is 12.3. The second-order valence-corrected chi connectivity index (χ2v) is 5.21. The van der Waals surface area contributed by atoms with Gasteiger partial charge in [-0.3, -0.25) is 0 Å². The van der Waals surface area contributed by atoms with Gasteiger partial charge in [0.15, 0.2) is 0 Å². The molecule has 87 valence electrons. The molecular formula is C16H17S. The van der Waals surface area contributed by atoms with Crippen molar-refractivity contribution in [3.8, 4) is 0 Å². The molecule has 1 aliphatic carbocycles. The third kappa shape index (κ3) is 3.13. The topological polar surface area (TPSA) is 0 Å². The Morgan fingerprint density at radius 2 is 1.94 bits per heavy atom. The van der Waals surface area contributed by atoms with Crippen LogP contribution in [0.5, 0.6) is 0 Å². The van der Waals surface area contributed by atoms with Crippen LogP contribution in [0.25, 0.3) is 0 Å². The molecule has 1 aromatic rings. The van der Waals surface area contributed by atoms with Crippen molar-refractivity contribution in [3.63, 3.8) is 0 Å². The predicted octanol–water partition coefficient (Wildman–Crippen LogP) is 4.17. The molecule has 0 amide bonds. The Kier molecular flexibility index (Phi) is 3.90. The molecule has 0 bridgehead atoms. The summed E-state index contributed by atoms with van der Waals surface area (Å²) < 4.78 is 0. The third-order valence-corrected chi connectivity index (χ3v) is 3.50. The molecule has 2 rings (SSSR count). The lowest BCUT2D eigenvalue weighted by Crippen LogP contribution is -2.16. The lowest BCUT2D eigenvalue weighted by atomic mass is 9.87. The van der Waals surface area contributed by atoms with Gasteiger partial charge in [0.1, 0.15) is 0 Å². The van der Waals surface area contributed by atoms with Crippen LogP contribution in [0.2, 0.25) is 0 Å². The summed E-state index contributed by atoms with van der Waals surface area (Å²) in [5, 5.41) is 0. The van der Waals surface area contributed by atoms with Gasteiger partial charge in [0.25, 0.3) is 0 Å². The van der Waals surface area contributed by atoms with Gasteiger partial charge in [-0.1, -0.05) is 68.5 Å². The van der Waals surface area contributed by atoms with E-state index in [1.807, 2.05) is 12.1 Å². The molecule has 0 spiro atoms. The Morgan fingerprint density at radius 1 is 1.24 bits per heavy atom. The normalized spacial score (nSPS) is 19.6. The van der Waals surface area contributed by atoms with E-state index >= 15 is 0 Å². The van der Waals surface area contributed by atoms with Crippen molar-refractivity contribution < 1.29 is 0 Å². The fraction of sp³-hybridized carbons (Fsp3) is 0.312. The fourth-order valence-electron chi connectivity index (χ4n) is 2.00. The Balaban J connectivity index is 2.15. The van der Waals surface area contributed by atoms with Crippen LogP contribution in [0, 0.1) is 17.9 Å². The van der Waals surface area contributed by atoms with Gasteiger partial charge in [-0.15, -0.1) is 0 Å². The number of rotatable bonds is 3. The van der Waals surface area contributed by atoms with E-state index in [9.17, 15) is 0 Å². The second-order valence-electron chi connectivity index (χ2n) is 4.77. The number of allylic oxidation sites excluding steroid dienone is 4. The van der Waals surface area contributed by atoms with E-state index in [4.69, 9.17) is 12.2 Å². The highest BCUT2D eigenvalue weighted by Crippen LogP contribution is 2.23. The molecule has 1 heteroatoms. The monoisotopic (exact) mass is 241 g/mol. The van der Waals surface area contributed by atoms with Crippen LogP contribution in [0.4, 0.5) is 0 Å². The maximum Gasteiger partial charge on any atom is 0.0303 e. The summed E-state index contributed by atoms with van der Waals surface area (Å²) in [5.74, 6) is 0.874. The first-order chi connectivity index (χ1) is 8.16. The van der Waals surface area contributed by atoms with Crippen molar-refractivity contribution in [2.24, 2.45) is 11.8 Å². The highest BCUT2D eigenvalue weighted by atomic mass is 32.1. The number of hydrogen-bond acceptors (Lipinski definition) is 1. The molecule has 1 aliphatic rings. The second kappa shape index (κ2) is 5.42. The highest BCUT2D eigenvalue weighted by Gasteiger charge is 2.16. The SMILES string of the molecule is CC(C)C1=CC(Cc2ccccc2)C(=S)[C]=C1. The van der Waals surface area contributed by atoms with E-state index in [1.54, 1.807) is 0 Å². The summed E-state index contributed by atoms with van der Waals surface area (Å²) in [6, 6.07) is 10.5. The van der Waals surface area contributed by atoms with E-state index in [0.717, 1.165) is 11.3 Å². The van der Waals surface area contributed by atoms with Gasteiger partial charge in [0.05, 0.1) is 0 Å². The Morgan fingerprint density at radius 3 is 2.59 bits per heavy atom. The molecule has 1 radical (unpaired) electrons. The summed E-state index contributed by atoms with van der Waals surface area (Å²) in [6.45, 7) is 4.41. The van der Waals surface area contributed by atoms with Crippen molar-refractivity contribution in [1.82, 2.24) is 0 Å². The molecule has 0 saturated carbocycles. The molecule has 0 nitrogen and oxygen atoms in total. The lowest BCUT2D eigenvalue weighted by molar-refractivity contribution is 0.756. The molecule has 17 heavy (non-hydrogen) atoms. The van der Waals surface area contributed by atoms with E-state index in [0.29, 0.717) is 11.8 Å². The standard InChI is InChI=1S/C16H17S/c1-12(2)14-8-9-16(17)15(11-14)10-13-6-4-3-5-7-13/h3-8,11-12,15H,10H2,1-2H3. The predicted molar refractivity (Wildman–Crippen MR) is 77.0 cm³/mol. The van der Waals surface area contributed by atoms with Gasteiger partial charge in [-0.05, 0) is 29.6 Å². The van der Waals surface area contributed by atoms with E-state index < -0.39 is 0 Å². The van der Waals surface area contributed by atoms with Gasteiger partial charge in [0.2, 0.25) is 0 Å². The van der Waals surface area contributed by atoms with Crippen molar-refractivity contribution in [1.29, 1.82) is 0 Å². The number of hydrogen-bond donors (Lipinski definition) is 0. The molecular weight excluding hydrogens is 224 g/mol. The van der Waals surface area contributed by atoms with Crippen molar-refractivity contribution in [3.05, 3.63) is 59.7 Å². The number of benzene rings is 1. The van der Waals surface area contributed by atoms with Crippen molar-refractivity contribution >= 4 is 17.1 Å². The summed E-state index contributed by atoms with van der Waals surface area (Å²) >= 11 is 5.38. The molecule has 1 atom stereocenters. The lowest BCUT2D eigenvalue weighted by Gasteiger charge is -2.19. The summed E-state index contributed by atoms with van der Waals surface area (Å²) in [4.78, 5) is 0.929. The minimum absolute atomic E-state index is 0.329. The zero-order valence-corrected chi connectivity index (χ0v) is 11.1. The average Bonchev–Trinajstić information content (AvgIpc) is 2.33. The quantitative estimate of drug-likeness (QED) is 0.716. The van der Waals surface area contributed by atoms with Crippen LogP contribution < -0.4 is 0 Å². The molecule has 1 unspecified atom stereocenters. The number of thiocarbonyl (C=S) groups is 1. The summed E-state index contributed by atoms with van der Waals surface area (Å²) in [6.07, 6.45) is 8.54. The third-order valence-electron chi connectivity index (χ3n) is 3.08. The van der Waals surface area contributed by atoms with Gasteiger partial charge in [-0.25, -0.2) is 0 Å². The van der Waals surface area contributed by atoms with Crippen LogP contribution in [0.3, 0.4) is 0 Å². The van der Waals surface area contributed by atoms with Crippen molar-refractivity contribution in [2.45, 2.75) is 20.3 Å². The minimum Gasteiger partial charge on any atom is -0.0836 e. The minimum atomic E-state index is 0.329. The van der Waals surface area contributed by atoms with Crippen LogP contribution in [0.15, 0.2) is 48.1 Å². The van der Waals surface area contributed by atoms with E-state index in [1.165, 1.54) is 11.1 Å². The van der Waals surface area contributed by atoms with E-state index in [2.05, 4.69) is 50.3 Å². The first-order valence-electron chi connectivity index (χ1n) is 6.06. The molecule has 1 aromatic carbocycles. The summed E-state index contributed by atoms with van der Waals surface area (Å²) in [7, 11) is 0. The Bertz CT molecular complexity index is 452. The Hall–Kier alpha value is -1.21. The van der Waals surface area contributed by atoms with Crippen LogP contribution >= 0.6 is 12.2 Å². The molecule has 0 fully saturated rings. The zero-order chi connectivity index (χ0) is 12.3. The molecule has 0 heterocycles. The maximum atomic E-state index is 5.38. The molecule has 0 aromatic heterocycles. The van der Waals surface area contributed by atoms with Gasteiger partial charge in [0, 0.05) is 10.8 Å². The smallest absolute Gasteiger partial charge is 0.0303 e. The van der Waals surface area contributed by atoms with Crippen LogP contribution in [-0.4, -0.2) is 4.86 Å². The van der Waals surface area contributed by atoms with Crippen LogP contribution in [-0.2, 0) is 6.42 Å². The molecule has 0 N–H and O–H groups in total. The first-order valence-corrected chi connectivity index (χ1v) is 6.47. The Labute approximate surface area is 109 Å². The highest BCUT2D eigenvalue weighted by molar-refractivity contribution is 7.80. The molecule has 0 aliphatic heterocycles. The van der Waals surface area contributed by atoms with Crippen molar-refractivity contribution in [2.75, 3.05) is 0 Å². The van der Waals surface area contributed by atoms with Crippen LogP contribution in [0.1, 0.15) is 19.4 Å². The van der Waals surface area contributed by atoms with E-state index in [-0.39, 0.29) is 0 Å². The maximum absolute atomic E-state index is 5.38. The van der Waals surface area contributed by atoms with Gasteiger partial charge >= 0.3 is 0 Å². The van der Waals surface area contributed by atoms with Gasteiger partial charge < -0.3 is 0 Å². The summed E-state index contributed by atoms with van der Waals surface area (Å²) in [5.41, 5.74) is 2.68. The largest absolute Gasteiger partial charge is 0.0836 e. The zero-order valence-electron chi connectivity index (χ0n) is 10.3.